The third-order valence-corrected chi connectivity index (χ3v) is 6.07. The molecule has 0 unspecified atom stereocenters. The van der Waals surface area contributed by atoms with Gasteiger partial charge in [0, 0.05) is 19.7 Å². The number of carbonyl (C=O) groups is 2. The van der Waals surface area contributed by atoms with Crippen LogP contribution in [0, 0.1) is 0 Å². The van der Waals surface area contributed by atoms with Crippen molar-refractivity contribution in [2.45, 2.75) is 31.3 Å². The first-order valence-electron chi connectivity index (χ1n) is 9.25. The Bertz CT molecular complexity index is 1190. The fourth-order valence-corrected chi connectivity index (χ4v) is 4.15. The molecule has 30 heavy (non-hydrogen) atoms. The first-order valence-corrected chi connectivity index (χ1v) is 10.7. The van der Waals surface area contributed by atoms with E-state index in [1.807, 2.05) is 35.9 Å². The molecule has 0 spiro atoms. The number of hydrogen-bond donors (Lipinski definition) is 3. The molecule has 2 amide bonds. The van der Waals surface area contributed by atoms with E-state index in [-0.39, 0.29) is 17.3 Å². The van der Waals surface area contributed by atoms with E-state index in [4.69, 9.17) is 0 Å². The summed E-state index contributed by atoms with van der Waals surface area (Å²) in [6, 6.07) is 12.3. The molecule has 3 aromatic rings. The molecule has 9 nitrogen and oxygen atoms in total. The number of imidazole rings is 1. The second-order valence-electron chi connectivity index (χ2n) is 6.84. The van der Waals surface area contributed by atoms with Gasteiger partial charge in [-0.15, -0.1) is 0 Å². The van der Waals surface area contributed by atoms with Crippen molar-refractivity contribution in [2.75, 3.05) is 5.32 Å². The zero-order valence-electron chi connectivity index (χ0n) is 16.8. The van der Waals surface area contributed by atoms with Crippen molar-refractivity contribution in [3.05, 3.63) is 54.4 Å². The van der Waals surface area contributed by atoms with E-state index < -0.39 is 22.0 Å². The van der Waals surface area contributed by atoms with Gasteiger partial charge < -0.3 is 15.2 Å². The average Bonchev–Trinajstić information content (AvgIpc) is 3.01. The predicted molar refractivity (Wildman–Crippen MR) is 113 cm³/mol. The molecule has 1 atom stereocenters. The van der Waals surface area contributed by atoms with Crippen molar-refractivity contribution >= 4 is 38.6 Å². The largest absolute Gasteiger partial charge is 0.347 e. The standard InChI is InChI=1S/C20H23N5O4S/c1-13(24-30(28,29)16-10-8-15(9-11-16)22-14(2)26)20(27)21-12-19-23-17-6-4-5-7-18(17)25(19)3/h4-11,13,24H,12H2,1-3H3,(H,21,27)(H,22,26)/t13-/m0/s1. The third kappa shape index (κ3) is 4.84. The normalized spacial score (nSPS) is 12.5. The topological polar surface area (TPSA) is 122 Å². The Balaban J connectivity index is 1.62. The van der Waals surface area contributed by atoms with Gasteiger partial charge in [-0.1, -0.05) is 12.1 Å². The number of carbonyl (C=O) groups excluding carboxylic acids is 2. The maximum Gasteiger partial charge on any atom is 0.241 e. The summed E-state index contributed by atoms with van der Waals surface area (Å²) in [5.74, 6) is -0.0664. The number of aryl methyl sites for hydroxylation is 1. The summed E-state index contributed by atoms with van der Waals surface area (Å²) in [7, 11) is -2.05. The molecule has 3 rings (SSSR count). The van der Waals surface area contributed by atoms with Gasteiger partial charge >= 0.3 is 0 Å². The Morgan fingerprint density at radius 1 is 1.10 bits per heavy atom. The molecule has 0 aliphatic rings. The summed E-state index contributed by atoms with van der Waals surface area (Å²) >= 11 is 0. The molecular formula is C20H23N5O4S. The summed E-state index contributed by atoms with van der Waals surface area (Å²) < 4.78 is 29.3. The molecule has 0 bridgehead atoms. The molecule has 1 aromatic heterocycles. The number of nitrogens with one attached hydrogen (secondary N) is 3. The molecule has 2 aromatic carbocycles. The zero-order chi connectivity index (χ0) is 21.9. The maximum atomic E-state index is 12.5. The number of sulfonamides is 1. The Morgan fingerprint density at radius 2 is 1.77 bits per heavy atom. The number of nitrogens with zero attached hydrogens (tertiary/aromatic N) is 2. The van der Waals surface area contributed by atoms with E-state index in [0.29, 0.717) is 11.5 Å². The van der Waals surface area contributed by atoms with Crippen LogP contribution in [0.4, 0.5) is 5.69 Å². The summed E-state index contributed by atoms with van der Waals surface area (Å²) in [5.41, 5.74) is 2.24. The lowest BCUT2D eigenvalue weighted by Crippen LogP contribution is -2.44. The van der Waals surface area contributed by atoms with Gasteiger partial charge in [0.2, 0.25) is 21.8 Å². The van der Waals surface area contributed by atoms with Crippen molar-refractivity contribution in [1.82, 2.24) is 19.6 Å². The highest BCUT2D eigenvalue weighted by Crippen LogP contribution is 2.15. The van der Waals surface area contributed by atoms with Crippen LogP contribution in [0.15, 0.2) is 53.4 Å². The Hall–Kier alpha value is -3.24. The second kappa shape index (κ2) is 8.64. The number of benzene rings is 2. The van der Waals surface area contributed by atoms with Crippen LogP contribution in [0.1, 0.15) is 19.7 Å². The minimum absolute atomic E-state index is 0.00778. The SMILES string of the molecule is CC(=O)Nc1ccc(S(=O)(=O)N[C@@H](C)C(=O)NCc2nc3ccccc3n2C)cc1. The van der Waals surface area contributed by atoms with Crippen LogP contribution in [0.2, 0.25) is 0 Å². The van der Waals surface area contributed by atoms with Crippen molar-refractivity contribution in [3.8, 4) is 0 Å². The highest BCUT2D eigenvalue weighted by Gasteiger charge is 2.22. The number of hydrogen-bond acceptors (Lipinski definition) is 5. The minimum atomic E-state index is -3.91. The van der Waals surface area contributed by atoms with Crippen LogP contribution >= 0.6 is 0 Å². The lowest BCUT2D eigenvalue weighted by molar-refractivity contribution is -0.122. The van der Waals surface area contributed by atoms with Gasteiger partial charge in [0.15, 0.2) is 0 Å². The molecule has 10 heteroatoms. The third-order valence-electron chi connectivity index (χ3n) is 4.51. The molecule has 0 aliphatic heterocycles. The van der Waals surface area contributed by atoms with Crippen LogP contribution < -0.4 is 15.4 Å². The summed E-state index contributed by atoms with van der Waals surface area (Å²) in [4.78, 5) is 27.9. The smallest absolute Gasteiger partial charge is 0.241 e. The fraction of sp³-hybridized carbons (Fsp3) is 0.250. The van der Waals surface area contributed by atoms with Crippen molar-refractivity contribution < 1.29 is 18.0 Å². The Kier molecular flexibility index (Phi) is 6.18. The Morgan fingerprint density at radius 3 is 2.40 bits per heavy atom. The van der Waals surface area contributed by atoms with E-state index in [2.05, 4.69) is 20.3 Å². The summed E-state index contributed by atoms with van der Waals surface area (Å²) in [6.45, 7) is 3.00. The first kappa shape index (κ1) is 21.5. The van der Waals surface area contributed by atoms with E-state index in [1.54, 1.807) is 0 Å². The summed E-state index contributed by atoms with van der Waals surface area (Å²) in [5, 5.41) is 5.27. The van der Waals surface area contributed by atoms with Crippen LogP contribution in [0.25, 0.3) is 11.0 Å². The van der Waals surface area contributed by atoms with Crippen molar-refractivity contribution in [2.24, 2.45) is 7.05 Å². The summed E-state index contributed by atoms with van der Waals surface area (Å²) in [6.07, 6.45) is 0. The highest BCUT2D eigenvalue weighted by molar-refractivity contribution is 7.89. The van der Waals surface area contributed by atoms with Gasteiger partial charge in [0.1, 0.15) is 5.82 Å². The van der Waals surface area contributed by atoms with Gasteiger partial charge in [-0.3, -0.25) is 9.59 Å². The number of anilines is 1. The molecule has 3 N–H and O–H groups in total. The number of rotatable bonds is 7. The molecule has 1 heterocycles. The van der Waals surface area contributed by atoms with Crippen LogP contribution in [0.5, 0.6) is 0 Å². The van der Waals surface area contributed by atoms with E-state index >= 15 is 0 Å². The number of para-hydroxylation sites is 2. The lowest BCUT2D eigenvalue weighted by atomic mass is 10.3. The predicted octanol–water partition coefficient (Wildman–Crippen LogP) is 1.51. The number of amides is 2. The van der Waals surface area contributed by atoms with Crippen molar-refractivity contribution in [3.63, 3.8) is 0 Å². The van der Waals surface area contributed by atoms with E-state index in [1.165, 1.54) is 38.1 Å². The minimum Gasteiger partial charge on any atom is -0.347 e. The second-order valence-corrected chi connectivity index (χ2v) is 8.56. The lowest BCUT2D eigenvalue weighted by Gasteiger charge is -2.15. The van der Waals surface area contributed by atoms with Gasteiger partial charge in [0.05, 0.1) is 28.5 Å². The number of fused-ring (bicyclic) bond motifs is 1. The molecule has 0 aliphatic carbocycles. The molecule has 0 radical (unpaired) electrons. The zero-order valence-corrected chi connectivity index (χ0v) is 17.7. The van der Waals surface area contributed by atoms with Gasteiger partial charge in [0.25, 0.3) is 0 Å². The molecule has 0 saturated carbocycles. The van der Waals surface area contributed by atoms with Crippen molar-refractivity contribution in [1.29, 1.82) is 0 Å². The molecule has 0 saturated heterocycles. The highest BCUT2D eigenvalue weighted by atomic mass is 32.2. The Labute approximate surface area is 174 Å². The van der Waals surface area contributed by atoms with E-state index in [9.17, 15) is 18.0 Å². The maximum absolute atomic E-state index is 12.5. The van der Waals surface area contributed by atoms with Crippen LogP contribution in [-0.4, -0.2) is 35.8 Å². The van der Waals surface area contributed by atoms with Gasteiger partial charge in [-0.05, 0) is 43.3 Å². The number of aromatic nitrogens is 2. The van der Waals surface area contributed by atoms with Crippen LogP contribution in [-0.2, 0) is 33.2 Å². The first-order chi connectivity index (χ1) is 14.2. The quantitative estimate of drug-likeness (QED) is 0.526. The van der Waals surface area contributed by atoms with E-state index in [0.717, 1.165) is 11.0 Å². The van der Waals surface area contributed by atoms with Crippen LogP contribution in [0.3, 0.4) is 0 Å². The van der Waals surface area contributed by atoms with Gasteiger partial charge in [-0.2, -0.15) is 4.72 Å². The molecule has 0 fully saturated rings. The fourth-order valence-electron chi connectivity index (χ4n) is 2.95. The van der Waals surface area contributed by atoms with Gasteiger partial charge in [-0.25, -0.2) is 13.4 Å². The molecular weight excluding hydrogens is 406 g/mol. The average molecular weight is 430 g/mol. The molecule has 158 valence electrons. The monoisotopic (exact) mass is 429 g/mol.